The van der Waals surface area contributed by atoms with Crippen molar-refractivity contribution in [2.75, 3.05) is 7.11 Å². The Labute approximate surface area is 173 Å². The van der Waals surface area contributed by atoms with Crippen LogP contribution in [0.3, 0.4) is 0 Å². The van der Waals surface area contributed by atoms with Gasteiger partial charge in [0.2, 0.25) is 6.23 Å². The van der Waals surface area contributed by atoms with E-state index in [1.165, 1.54) is 0 Å². The molecule has 0 radical (unpaired) electrons. The molecule has 0 spiro atoms. The van der Waals surface area contributed by atoms with Crippen molar-refractivity contribution in [1.82, 2.24) is 9.99 Å². The van der Waals surface area contributed by atoms with Gasteiger partial charge in [0.25, 0.3) is 0 Å². The minimum atomic E-state index is -0.423. The van der Waals surface area contributed by atoms with Crippen molar-refractivity contribution in [2.45, 2.75) is 18.7 Å². The van der Waals surface area contributed by atoms with Crippen molar-refractivity contribution >= 4 is 17.3 Å². The standard InChI is InChI=1S/C22H18ClN3O3/c1-28-15-5-6-20(27)16(10-15)18-11-19-17-9-14(23)4-7-21(17)29-22(26(19)25-18)13-3-2-8-24-12-13/h2-10,12,19,22,27H,11H2,1H3/t19-,22+/m0/s1. The summed E-state index contributed by atoms with van der Waals surface area (Å²) in [7, 11) is 1.60. The van der Waals surface area contributed by atoms with Gasteiger partial charge >= 0.3 is 0 Å². The smallest absolute Gasteiger partial charge is 0.215 e. The number of fused-ring (bicyclic) bond motifs is 3. The molecule has 3 aromatic rings. The average Bonchev–Trinajstić information content (AvgIpc) is 3.20. The number of ether oxygens (including phenoxy) is 2. The largest absolute Gasteiger partial charge is 0.507 e. The van der Waals surface area contributed by atoms with E-state index in [0.29, 0.717) is 22.8 Å². The molecule has 0 bridgehead atoms. The first-order valence-corrected chi connectivity index (χ1v) is 9.61. The topological polar surface area (TPSA) is 67.2 Å². The average molecular weight is 408 g/mol. The summed E-state index contributed by atoms with van der Waals surface area (Å²) < 4.78 is 11.6. The van der Waals surface area contributed by atoms with Crippen molar-refractivity contribution in [3.8, 4) is 17.2 Å². The van der Waals surface area contributed by atoms with Gasteiger partial charge in [0.1, 0.15) is 17.2 Å². The van der Waals surface area contributed by atoms with Gasteiger partial charge in [-0.1, -0.05) is 17.7 Å². The summed E-state index contributed by atoms with van der Waals surface area (Å²) in [6.07, 6.45) is 3.69. The third kappa shape index (κ3) is 3.06. The summed E-state index contributed by atoms with van der Waals surface area (Å²) >= 11 is 6.26. The van der Waals surface area contributed by atoms with E-state index in [4.69, 9.17) is 26.2 Å². The first-order chi connectivity index (χ1) is 14.1. The molecular formula is C22H18ClN3O3. The van der Waals surface area contributed by atoms with E-state index >= 15 is 0 Å². The zero-order valence-corrected chi connectivity index (χ0v) is 16.4. The van der Waals surface area contributed by atoms with Crippen LogP contribution in [0.5, 0.6) is 17.2 Å². The van der Waals surface area contributed by atoms with Gasteiger partial charge in [-0.2, -0.15) is 5.10 Å². The zero-order valence-electron chi connectivity index (χ0n) is 15.6. The third-order valence-electron chi connectivity index (χ3n) is 5.24. The Morgan fingerprint density at radius 3 is 2.90 bits per heavy atom. The van der Waals surface area contributed by atoms with Crippen LogP contribution in [0.2, 0.25) is 5.02 Å². The highest BCUT2D eigenvalue weighted by molar-refractivity contribution is 6.30. The summed E-state index contributed by atoms with van der Waals surface area (Å²) in [4.78, 5) is 4.23. The fourth-order valence-corrected chi connectivity index (χ4v) is 4.02. The van der Waals surface area contributed by atoms with E-state index in [2.05, 4.69) is 4.98 Å². The van der Waals surface area contributed by atoms with Crippen LogP contribution >= 0.6 is 11.6 Å². The number of rotatable bonds is 3. The molecule has 1 aromatic heterocycles. The number of halogens is 1. The second kappa shape index (κ2) is 6.97. The van der Waals surface area contributed by atoms with Crippen LogP contribution in [0, 0.1) is 0 Å². The predicted octanol–water partition coefficient (Wildman–Crippen LogP) is 4.69. The number of hydrazone groups is 1. The Balaban J connectivity index is 1.62. The van der Waals surface area contributed by atoms with Crippen molar-refractivity contribution in [3.63, 3.8) is 0 Å². The SMILES string of the molecule is COc1ccc(O)c(C2=NN3[C@@H](c4cccnc4)Oc4ccc(Cl)cc4[C@@H]3C2)c1. The maximum absolute atomic E-state index is 10.4. The number of aromatic hydroxyl groups is 1. The summed E-state index contributed by atoms with van der Waals surface area (Å²) in [6, 6.07) is 14.5. The Hall–Kier alpha value is -3.25. The van der Waals surface area contributed by atoms with E-state index < -0.39 is 6.23 Å². The number of methoxy groups -OCH3 is 1. The molecule has 0 saturated carbocycles. The molecule has 29 heavy (non-hydrogen) atoms. The lowest BCUT2D eigenvalue weighted by atomic mass is 9.95. The third-order valence-corrected chi connectivity index (χ3v) is 5.47. The van der Waals surface area contributed by atoms with Gasteiger partial charge in [-0.15, -0.1) is 0 Å². The van der Waals surface area contributed by atoms with E-state index in [-0.39, 0.29) is 11.8 Å². The summed E-state index contributed by atoms with van der Waals surface area (Å²) in [5.41, 5.74) is 3.28. The van der Waals surface area contributed by atoms with Gasteiger partial charge in [-0.25, -0.2) is 5.01 Å². The van der Waals surface area contributed by atoms with Gasteiger partial charge in [-0.05, 0) is 42.5 Å². The van der Waals surface area contributed by atoms with E-state index in [1.807, 2.05) is 35.3 Å². The number of aromatic nitrogens is 1. The first-order valence-electron chi connectivity index (χ1n) is 9.23. The van der Waals surface area contributed by atoms with Crippen LogP contribution in [0.1, 0.15) is 35.4 Å². The molecule has 7 heteroatoms. The van der Waals surface area contributed by atoms with Crippen LogP contribution in [0.25, 0.3) is 0 Å². The maximum atomic E-state index is 10.4. The number of hydrogen-bond donors (Lipinski definition) is 1. The molecule has 0 aliphatic carbocycles. The summed E-state index contributed by atoms with van der Waals surface area (Å²) in [5, 5.41) is 17.8. The van der Waals surface area contributed by atoms with Crippen molar-refractivity contribution < 1.29 is 14.6 Å². The molecule has 2 atom stereocenters. The Morgan fingerprint density at radius 1 is 1.21 bits per heavy atom. The number of benzene rings is 2. The van der Waals surface area contributed by atoms with Gasteiger partial charge < -0.3 is 14.6 Å². The first kappa shape index (κ1) is 17.8. The van der Waals surface area contributed by atoms with E-state index in [9.17, 15) is 5.11 Å². The molecule has 2 aromatic carbocycles. The Kier molecular flexibility index (Phi) is 4.28. The molecule has 5 rings (SSSR count). The number of hydrogen-bond acceptors (Lipinski definition) is 6. The number of pyridine rings is 1. The van der Waals surface area contributed by atoms with Crippen LogP contribution in [0.4, 0.5) is 0 Å². The second-order valence-corrected chi connectivity index (χ2v) is 7.40. The molecule has 0 amide bonds. The van der Waals surface area contributed by atoms with Crippen LogP contribution in [-0.4, -0.2) is 27.9 Å². The molecule has 146 valence electrons. The van der Waals surface area contributed by atoms with E-state index in [0.717, 1.165) is 22.6 Å². The monoisotopic (exact) mass is 407 g/mol. The minimum Gasteiger partial charge on any atom is -0.507 e. The highest BCUT2D eigenvalue weighted by atomic mass is 35.5. The zero-order chi connectivity index (χ0) is 20.0. The molecule has 0 saturated heterocycles. The van der Waals surface area contributed by atoms with Crippen molar-refractivity contribution in [1.29, 1.82) is 0 Å². The molecule has 2 aliphatic heterocycles. The van der Waals surface area contributed by atoms with Crippen LogP contribution in [-0.2, 0) is 0 Å². The Morgan fingerprint density at radius 2 is 2.10 bits per heavy atom. The van der Waals surface area contributed by atoms with E-state index in [1.54, 1.807) is 37.7 Å². The molecular weight excluding hydrogens is 390 g/mol. The number of phenolic OH excluding ortho intramolecular Hbond substituents is 1. The summed E-state index contributed by atoms with van der Waals surface area (Å²) in [5.74, 6) is 1.60. The van der Waals surface area contributed by atoms with Crippen molar-refractivity contribution in [2.24, 2.45) is 5.10 Å². The molecule has 0 fully saturated rings. The lowest BCUT2D eigenvalue weighted by molar-refractivity contribution is -0.0192. The molecule has 2 aliphatic rings. The highest BCUT2D eigenvalue weighted by Crippen LogP contribution is 2.48. The molecule has 3 heterocycles. The predicted molar refractivity (Wildman–Crippen MR) is 109 cm³/mol. The summed E-state index contributed by atoms with van der Waals surface area (Å²) in [6.45, 7) is 0. The normalized spacial score (nSPS) is 19.8. The quantitative estimate of drug-likeness (QED) is 0.682. The lowest BCUT2D eigenvalue weighted by Crippen LogP contribution is -2.33. The fourth-order valence-electron chi connectivity index (χ4n) is 3.84. The minimum absolute atomic E-state index is 0.0664. The van der Waals surface area contributed by atoms with Gasteiger partial charge in [-0.3, -0.25) is 4.98 Å². The fraction of sp³-hybridized carbons (Fsp3) is 0.182. The van der Waals surface area contributed by atoms with Gasteiger partial charge in [0.05, 0.1) is 18.9 Å². The molecule has 0 unspecified atom stereocenters. The number of phenols is 1. The molecule has 6 nitrogen and oxygen atoms in total. The lowest BCUT2D eigenvalue weighted by Gasteiger charge is -2.38. The Bertz CT molecular complexity index is 1100. The van der Waals surface area contributed by atoms with Gasteiger partial charge in [0, 0.05) is 40.5 Å². The number of nitrogens with zero attached hydrogens (tertiary/aromatic N) is 3. The van der Waals surface area contributed by atoms with Crippen LogP contribution in [0.15, 0.2) is 66.0 Å². The highest BCUT2D eigenvalue weighted by Gasteiger charge is 2.41. The van der Waals surface area contributed by atoms with Crippen molar-refractivity contribution in [3.05, 3.63) is 82.6 Å². The van der Waals surface area contributed by atoms with Crippen LogP contribution < -0.4 is 9.47 Å². The van der Waals surface area contributed by atoms with Gasteiger partial charge in [0.15, 0.2) is 0 Å². The second-order valence-electron chi connectivity index (χ2n) is 6.97. The maximum Gasteiger partial charge on any atom is 0.215 e. The molecule has 1 N–H and O–H groups in total.